The van der Waals surface area contributed by atoms with E-state index in [9.17, 15) is 0 Å². The Kier molecular flexibility index (Phi) is 8.65. The van der Waals surface area contributed by atoms with Crippen molar-refractivity contribution in [3.63, 3.8) is 0 Å². The van der Waals surface area contributed by atoms with Crippen molar-refractivity contribution in [2.24, 2.45) is 0 Å². The van der Waals surface area contributed by atoms with Gasteiger partial charge in [0.05, 0.1) is 52.9 Å². The second-order valence-electron chi connectivity index (χ2n) is 8.50. The molecule has 4 aromatic rings. The summed E-state index contributed by atoms with van der Waals surface area (Å²) in [4.78, 5) is 0. The van der Waals surface area contributed by atoms with Crippen molar-refractivity contribution in [1.82, 2.24) is 0 Å². The molecule has 6 nitrogen and oxygen atoms in total. The summed E-state index contributed by atoms with van der Waals surface area (Å²) in [5.74, 6) is 1.62. The minimum absolute atomic E-state index is 0.444. The third-order valence-corrected chi connectivity index (χ3v) is 6.09. The van der Waals surface area contributed by atoms with Crippen LogP contribution in [-0.2, 0) is 18.9 Å². The van der Waals surface area contributed by atoms with Gasteiger partial charge < -0.3 is 28.4 Å². The molecule has 36 heavy (non-hydrogen) atoms. The molecule has 6 heteroatoms. The van der Waals surface area contributed by atoms with E-state index in [0.717, 1.165) is 44.2 Å². The number of hydrogen-bond donors (Lipinski definition) is 0. The number of rotatable bonds is 0. The third kappa shape index (κ3) is 6.15. The maximum absolute atomic E-state index is 6.29. The van der Waals surface area contributed by atoms with Gasteiger partial charge in [-0.05, 0) is 45.3 Å². The summed E-state index contributed by atoms with van der Waals surface area (Å²) in [5, 5.41) is 4.55. The van der Waals surface area contributed by atoms with E-state index >= 15 is 0 Å². The van der Waals surface area contributed by atoms with E-state index in [-0.39, 0.29) is 0 Å². The third-order valence-electron chi connectivity index (χ3n) is 6.09. The zero-order valence-electron chi connectivity index (χ0n) is 20.4. The first kappa shape index (κ1) is 24.5. The molecule has 0 atom stereocenters. The van der Waals surface area contributed by atoms with E-state index < -0.39 is 0 Å². The quantitative estimate of drug-likeness (QED) is 0.326. The largest absolute Gasteiger partial charge is 0.491 e. The Morgan fingerprint density at radius 2 is 1.00 bits per heavy atom. The number of ether oxygens (including phenoxy) is 6. The first-order chi connectivity index (χ1) is 17.9. The van der Waals surface area contributed by atoms with Crippen molar-refractivity contribution in [1.29, 1.82) is 0 Å². The molecular weight excluding hydrogens is 456 g/mol. The molecule has 0 unspecified atom stereocenters. The minimum atomic E-state index is 0.444. The van der Waals surface area contributed by atoms with E-state index in [1.807, 2.05) is 12.1 Å². The minimum Gasteiger partial charge on any atom is -0.491 e. The molecule has 0 aliphatic carbocycles. The van der Waals surface area contributed by atoms with E-state index in [1.54, 1.807) is 0 Å². The number of fused-ring (bicyclic) bond motifs is 8. The van der Waals surface area contributed by atoms with Crippen LogP contribution in [0.5, 0.6) is 11.5 Å². The van der Waals surface area contributed by atoms with Gasteiger partial charge in [0.1, 0.15) is 24.7 Å². The number of hydrogen-bond acceptors (Lipinski definition) is 6. The first-order valence-corrected chi connectivity index (χ1v) is 12.5. The van der Waals surface area contributed by atoms with Crippen molar-refractivity contribution in [2.75, 3.05) is 66.1 Å². The average Bonchev–Trinajstić information content (AvgIpc) is 2.91. The zero-order chi connectivity index (χ0) is 24.4. The summed E-state index contributed by atoms with van der Waals surface area (Å²) in [6, 6.07) is 25.1. The highest BCUT2D eigenvalue weighted by atomic mass is 16.6. The van der Waals surface area contributed by atoms with Gasteiger partial charge in [-0.1, -0.05) is 54.6 Å². The summed E-state index contributed by atoms with van der Waals surface area (Å²) in [6.07, 6.45) is 0. The SMILES string of the molecule is c1ccc2c3cc(cc2c1)OCCOCCOCCOCCOCCOc1ccc2ccccc2c1-3. The molecule has 2 bridgehead atoms. The van der Waals surface area contributed by atoms with E-state index in [1.165, 1.54) is 0 Å². The van der Waals surface area contributed by atoms with Crippen molar-refractivity contribution in [3.05, 3.63) is 72.8 Å². The predicted octanol–water partition coefficient (Wildman–Crippen LogP) is 5.50. The van der Waals surface area contributed by atoms with Crippen LogP contribution in [0.15, 0.2) is 72.8 Å². The Morgan fingerprint density at radius 3 is 1.69 bits per heavy atom. The lowest BCUT2D eigenvalue weighted by Crippen LogP contribution is -2.14. The van der Waals surface area contributed by atoms with E-state index in [0.29, 0.717) is 66.1 Å². The summed E-state index contributed by atoms with van der Waals surface area (Å²) in [7, 11) is 0. The predicted molar refractivity (Wildman–Crippen MR) is 141 cm³/mol. The molecule has 1 aliphatic rings. The van der Waals surface area contributed by atoms with Gasteiger partial charge in [0, 0.05) is 5.56 Å². The summed E-state index contributed by atoms with van der Waals surface area (Å²) in [5.41, 5.74) is 2.13. The fourth-order valence-corrected chi connectivity index (χ4v) is 4.41. The Hall–Kier alpha value is -3.16. The fraction of sp³-hybridized carbons (Fsp3) is 0.333. The lowest BCUT2D eigenvalue weighted by Gasteiger charge is -2.18. The normalized spacial score (nSPS) is 16.9. The van der Waals surface area contributed by atoms with Crippen molar-refractivity contribution in [2.45, 2.75) is 0 Å². The van der Waals surface area contributed by atoms with Crippen LogP contribution in [0.3, 0.4) is 0 Å². The first-order valence-electron chi connectivity index (χ1n) is 12.5. The highest BCUT2D eigenvalue weighted by Gasteiger charge is 2.16. The Balaban J connectivity index is 1.51. The summed E-state index contributed by atoms with van der Waals surface area (Å²) in [6.45, 7) is 5.03. The lowest BCUT2D eigenvalue weighted by molar-refractivity contribution is -0.00694. The van der Waals surface area contributed by atoms with Crippen LogP contribution < -0.4 is 9.47 Å². The molecule has 0 fully saturated rings. The molecule has 0 spiro atoms. The second kappa shape index (κ2) is 12.7. The van der Waals surface area contributed by atoms with Gasteiger partial charge in [-0.15, -0.1) is 0 Å². The van der Waals surface area contributed by atoms with Crippen molar-refractivity contribution < 1.29 is 28.4 Å². The summed E-state index contributed by atoms with van der Waals surface area (Å²) >= 11 is 0. The van der Waals surface area contributed by atoms with Gasteiger partial charge in [0.15, 0.2) is 0 Å². The molecular formula is C30H32O6. The van der Waals surface area contributed by atoms with Gasteiger partial charge in [-0.3, -0.25) is 0 Å². The van der Waals surface area contributed by atoms with Gasteiger partial charge in [0.25, 0.3) is 0 Å². The highest BCUT2D eigenvalue weighted by Crippen LogP contribution is 2.42. The molecule has 0 radical (unpaired) electrons. The van der Waals surface area contributed by atoms with Gasteiger partial charge in [-0.25, -0.2) is 0 Å². The fourth-order valence-electron chi connectivity index (χ4n) is 4.41. The highest BCUT2D eigenvalue weighted by molar-refractivity contribution is 6.08. The monoisotopic (exact) mass is 488 g/mol. The number of benzene rings is 4. The van der Waals surface area contributed by atoms with Crippen molar-refractivity contribution in [3.8, 4) is 22.6 Å². The van der Waals surface area contributed by atoms with Crippen LogP contribution in [0.2, 0.25) is 0 Å². The van der Waals surface area contributed by atoms with Crippen LogP contribution in [-0.4, -0.2) is 66.1 Å². The molecule has 0 saturated carbocycles. The van der Waals surface area contributed by atoms with Crippen LogP contribution in [0, 0.1) is 0 Å². The molecule has 0 saturated heterocycles. The Bertz CT molecular complexity index is 1270. The molecule has 1 heterocycles. The molecule has 5 rings (SSSR count). The molecule has 188 valence electrons. The smallest absolute Gasteiger partial charge is 0.127 e. The Labute approximate surface area is 211 Å². The maximum Gasteiger partial charge on any atom is 0.127 e. The van der Waals surface area contributed by atoms with Crippen molar-refractivity contribution >= 4 is 21.5 Å². The lowest BCUT2D eigenvalue weighted by atomic mass is 9.93. The molecule has 0 N–H and O–H groups in total. The maximum atomic E-state index is 6.29. The molecule has 1 aliphatic heterocycles. The zero-order valence-corrected chi connectivity index (χ0v) is 20.4. The average molecular weight is 489 g/mol. The van der Waals surface area contributed by atoms with E-state index in [4.69, 9.17) is 28.4 Å². The molecule has 4 aromatic carbocycles. The van der Waals surface area contributed by atoms with Crippen LogP contribution >= 0.6 is 0 Å². The van der Waals surface area contributed by atoms with Crippen LogP contribution in [0.4, 0.5) is 0 Å². The standard InChI is InChI=1S/C30H32O6/c1-4-8-27-23(5-1)9-10-29-30(27)28-22-25(21-24-6-2-3-7-26(24)28)35-19-17-33-15-13-31-11-12-32-14-16-34-18-20-36-29/h1-10,21-22H,11-20H2. The summed E-state index contributed by atoms with van der Waals surface area (Å²) < 4.78 is 34.9. The second-order valence-corrected chi connectivity index (χ2v) is 8.50. The van der Waals surface area contributed by atoms with E-state index in [2.05, 4.69) is 60.7 Å². The topological polar surface area (TPSA) is 55.4 Å². The van der Waals surface area contributed by atoms with Crippen LogP contribution in [0.1, 0.15) is 0 Å². The Morgan fingerprint density at radius 1 is 0.444 bits per heavy atom. The van der Waals surface area contributed by atoms with Gasteiger partial charge in [-0.2, -0.15) is 0 Å². The molecule has 0 aromatic heterocycles. The van der Waals surface area contributed by atoms with Crippen LogP contribution in [0.25, 0.3) is 32.7 Å². The van der Waals surface area contributed by atoms with Gasteiger partial charge >= 0.3 is 0 Å². The van der Waals surface area contributed by atoms with Gasteiger partial charge in [0.2, 0.25) is 0 Å². The molecule has 0 amide bonds.